The van der Waals surface area contributed by atoms with Crippen LogP contribution in [0.25, 0.3) is 5.70 Å². The van der Waals surface area contributed by atoms with E-state index in [-0.39, 0.29) is 0 Å². The maximum atomic E-state index is 12.0. The fourth-order valence-electron chi connectivity index (χ4n) is 2.19. The molecule has 0 radical (unpaired) electrons. The van der Waals surface area contributed by atoms with E-state index in [9.17, 15) is 4.79 Å². The molecule has 3 rings (SSSR count). The second kappa shape index (κ2) is 7.68. The van der Waals surface area contributed by atoms with Gasteiger partial charge in [-0.05, 0) is 31.2 Å². The van der Waals surface area contributed by atoms with Crippen molar-refractivity contribution in [2.75, 3.05) is 11.6 Å². The highest BCUT2D eigenvalue weighted by atomic mass is 79.9. The normalized spacial score (nSPS) is 14.0. The van der Waals surface area contributed by atoms with E-state index in [0.29, 0.717) is 11.7 Å². The molecule has 1 aliphatic heterocycles. The first-order chi connectivity index (χ1) is 11.7. The number of hydrogen-bond acceptors (Lipinski definition) is 5. The molecule has 0 saturated carbocycles. The van der Waals surface area contributed by atoms with E-state index in [1.54, 1.807) is 11.9 Å². The van der Waals surface area contributed by atoms with Crippen molar-refractivity contribution in [2.45, 2.75) is 6.92 Å². The number of carbonyl (C=O) groups is 1. The molecule has 2 aromatic rings. The Labute approximate surface area is 153 Å². The third-order valence-electron chi connectivity index (χ3n) is 3.29. The Bertz CT molecular complexity index is 788. The summed E-state index contributed by atoms with van der Waals surface area (Å²) in [6.45, 7) is 2.11. The molecule has 0 spiro atoms. The lowest BCUT2D eigenvalue weighted by Crippen LogP contribution is -2.24. The average Bonchev–Trinajstić information content (AvgIpc) is 2.63. The summed E-state index contributed by atoms with van der Waals surface area (Å²) in [5.74, 6) is -0.409. The number of carbonyl (C=O) groups excluding carboxylic acids is 1. The molecule has 1 aliphatic rings. The highest BCUT2D eigenvalue weighted by molar-refractivity contribution is 9.10. The third-order valence-corrected chi connectivity index (χ3v) is 4.63. The highest BCUT2D eigenvalue weighted by Crippen LogP contribution is 2.34. The van der Waals surface area contributed by atoms with E-state index in [2.05, 4.69) is 21.0 Å². The number of halogens is 1. The first kappa shape index (κ1) is 16.8. The molecule has 0 saturated heterocycles. The largest absolute Gasteiger partial charge is 0.461 e. The number of ether oxygens (including phenoxy) is 1. The van der Waals surface area contributed by atoms with Crippen LogP contribution in [0, 0.1) is 0 Å². The minimum Gasteiger partial charge on any atom is -0.461 e. The average molecular weight is 403 g/mol. The molecule has 24 heavy (non-hydrogen) atoms. The second-order valence-corrected chi connectivity index (χ2v) is 6.67. The van der Waals surface area contributed by atoms with E-state index in [4.69, 9.17) is 4.74 Å². The zero-order valence-electron chi connectivity index (χ0n) is 13.0. The van der Waals surface area contributed by atoms with Gasteiger partial charge in [-0.2, -0.15) is 5.10 Å². The number of hydrazone groups is 1. The standard InChI is InChI=1S/C18H15BrN2O2S/c1-2-23-18(22)17-20-21(15-10-8-14(19)9-11-15)16(12-24-17)13-6-4-3-5-7-13/h3-12H,2H2,1H3. The molecule has 0 amide bonds. The van der Waals surface area contributed by atoms with E-state index < -0.39 is 5.97 Å². The monoisotopic (exact) mass is 402 g/mol. The molecule has 0 N–H and O–H groups in total. The minimum absolute atomic E-state index is 0.319. The third kappa shape index (κ3) is 3.71. The first-order valence-electron chi connectivity index (χ1n) is 7.42. The summed E-state index contributed by atoms with van der Waals surface area (Å²) < 4.78 is 6.06. The van der Waals surface area contributed by atoms with Crippen LogP contribution >= 0.6 is 27.7 Å². The Morgan fingerprint density at radius 3 is 2.54 bits per heavy atom. The van der Waals surface area contributed by atoms with E-state index in [1.165, 1.54) is 11.8 Å². The van der Waals surface area contributed by atoms with Gasteiger partial charge in [0.1, 0.15) is 0 Å². The maximum absolute atomic E-state index is 12.0. The number of rotatable bonds is 4. The predicted octanol–water partition coefficient (Wildman–Crippen LogP) is 4.88. The molecule has 0 atom stereocenters. The smallest absolute Gasteiger partial charge is 0.365 e. The molecule has 4 nitrogen and oxygen atoms in total. The van der Waals surface area contributed by atoms with E-state index >= 15 is 0 Å². The van der Waals surface area contributed by atoms with Crippen molar-refractivity contribution in [3.05, 3.63) is 70.0 Å². The van der Waals surface area contributed by atoms with Gasteiger partial charge in [0, 0.05) is 15.4 Å². The molecular formula is C18H15BrN2O2S. The minimum atomic E-state index is -0.409. The van der Waals surface area contributed by atoms with Crippen LogP contribution in [0.5, 0.6) is 0 Å². The van der Waals surface area contributed by atoms with Crippen LogP contribution in [-0.4, -0.2) is 17.6 Å². The number of hydrogen-bond donors (Lipinski definition) is 0. The predicted molar refractivity (Wildman–Crippen MR) is 103 cm³/mol. The quantitative estimate of drug-likeness (QED) is 0.683. The molecule has 0 bridgehead atoms. The van der Waals surface area contributed by atoms with Crippen molar-refractivity contribution in [3.63, 3.8) is 0 Å². The van der Waals surface area contributed by atoms with Gasteiger partial charge in [-0.15, -0.1) is 0 Å². The lowest BCUT2D eigenvalue weighted by molar-refractivity contribution is -0.134. The molecule has 0 fully saturated rings. The van der Waals surface area contributed by atoms with Gasteiger partial charge in [0.15, 0.2) is 0 Å². The maximum Gasteiger partial charge on any atom is 0.365 e. The van der Waals surface area contributed by atoms with Gasteiger partial charge in [0.05, 0.1) is 18.0 Å². The van der Waals surface area contributed by atoms with E-state index in [1.807, 2.05) is 60.0 Å². The molecule has 0 aliphatic carbocycles. The van der Waals surface area contributed by atoms with Gasteiger partial charge in [0.2, 0.25) is 5.04 Å². The van der Waals surface area contributed by atoms with Gasteiger partial charge in [-0.1, -0.05) is 58.0 Å². The molecule has 0 unspecified atom stereocenters. The van der Waals surface area contributed by atoms with Crippen LogP contribution in [0.1, 0.15) is 12.5 Å². The molecule has 1 heterocycles. The highest BCUT2D eigenvalue weighted by Gasteiger charge is 2.24. The zero-order valence-corrected chi connectivity index (χ0v) is 15.4. The summed E-state index contributed by atoms with van der Waals surface area (Å²) in [6.07, 6.45) is 0. The Balaban J connectivity index is 2.00. The second-order valence-electron chi connectivity index (χ2n) is 4.90. The van der Waals surface area contributed by atoms with Gasteiger partial charge in [-0.25, -0.2) is 9.80 Å². The van der Waals surface area contributed by atoms with Gasteiger partial charge in [-0.3, -0.25) is 0 Å². The molecule has 0 aromatic heterocycles. The Morgan fingerprint density at radius 2 is 1.88 bits per heavy atom. The SMILES string of the molecule is CCOC(=O)C1=NN(c2ccc(Br)cc2)C(c2ccccc2)=CS1. The topological polar surface area (TPSA) is 41.9 Å². The fourth-order valence-corrected chi connectivity index (χ4v) is 3.20. The van der Waals surface area contributed by atoms with Crippen LogP contribution in [-0.2, 0) is 9.53 Å². The summed E-state index contributed by atoms with van der Waals surface area (Å²) in [5, 5.41) is 8.53. The number of benzene rings is 2. The summed E-state index contributed by atoms with van der Waals surface area (Å²) >= 11 is 4.72. The van der Waals surface area contributed by atoms with Crippen LogP contribution in [0.15, 0.2) is 69.6 Å². The Kier molecular flexibility index (Phi) is 5.37. The summed E-state index contributed by atoms with van der Waals surface area (Å²) in [4.78, 5) is 12.0. The molecular weight excluding hydrogens is 388 g/mol. The first-order valence-corrected chi connectivity index (χ1v) is 9.10. The fraction of sp³-hybridized carbons (Fsp3) is 0.111. The van der Waals surface area contributed by atoms with Gasteiger partial charge >= 0.3 is 5.97 Å². The summed E-state index contributed by atoms with van der Waals surface area (Å²) in [7, 11) is 0. The van der Waals surface area contributed by atoms with Gasteiger partial charge < -0.3 is 4.74 Å². The number of nitrogens with zero attached hydrogens (tertiary/aromatic N) is 2. The molecule has 122 valence electrons. The summed E-state index contributed by atoms with van der Waals surface area (Å²) in [6, 6.07) is 17.7. The number of thioether (sulfide) groups is 1. The van der Waals surface area contributed by atoms with E-state index in [0.717, 1.165) is 21.4 Å². The van der Waals surface area contributed by atoms with Crippen molar-refractivity contribution in [3.8, 4) is 0 Å². The zero-order chi connectivity index (χ0) is 16.9. The van der Waals surface area contributed by atoms with Crippen LogP contribution in [0.2, 0.25) is 0 Å². The lowest BCUT2D eigenvalue weighted by Gasteiger charge is -2.26. The van der Waals surface area contributed by atoms with Crippen molar-refractivity contribution < 1.29 is 9.53 Å². The van der Waals surface area contributed by atoms with Crippen LogP contribution in [0.4, 0.5) is 5.69 Å². The number of esters is 1. The summed E-state index contributed by atoms with van der Waals surface area (Å²) in [5.41, 5.74) is 2.81. The Morgan fingerprint density at radius 1 is 1.17 bits per heavy atom. The Hall–Kier alpha value is -2.05. The van der Waals surface area contributed by atoms with Crippen molar-refractivity contribution >= 4 is 50.1 Å². The molecule has 6 heteroatoms. The van der Waals surface area contributed by atoms with Gasteiger partial charge in [0.25, 0.3) is 0 Å². The van der Waals surface area contributed by atoms with Crippen LogP contribution < -0.4 is 5.01 Å². The van der Waals surface area contributed by atoms with Crippen LogP contribution in [0.3, 0.4) is 0 Å². The lowest BCUT2D eigenvalue weighted by atomic mass is 10.1. The molecule has 2 aromatic carbocycles. The number of anilines is 1. The van der Waals surface area contributed by atoms with Crippen molar-refractivity contribution in [2.24, 2.45) is 5.10 Å². The van der Waals surface area contributed by atoms with Crippen molar-refractivity contribution in [1.82, 2.24) is 0 Å². The van der Waals surface area contributed by atoms with Crippen molar-refractivity contribution in [1.29, 1.82) is 0 Å².